The summed E-state index contributed by atoms with van der Waals surface area (Å²) in [6, 6.07) is 0.415. The smallest absolute Gasteiger partial charge is 0.195 e. The van der Waals surface area contributed by atoms with Crippen molar-refractivity contribution in [2.75, 3.05) is 0 Å². The van der Waals surface area contributed by atoms with Gasteiger partial charge in [-0.15, -0.1) is 0 Å². The number of halogens is 7. The highest BCUT2D eigenvalue weighted by Gasteiger charge is 2.27. The highest BCUT2D eigenvalue weighted by atomic mass is 19.2. The van der Waals surface area contributed by atoms with Crippen LogP contribution in [0.15, 0.2) is 12.1 Å². The maximum absolute atomic E-state index is 13.6. The molecule has 106 valence electrons. The Kier molecular flexibility index (Phi) is 3.45. The lowest BCUT2D eigenvalue weighted by atomic mass is 10.0. The molecule has 7 heteroatoms. The van der Waals surface area contributed by atoms with Crippen LogP contribution in [0.3, 0.4) is 0 Å². The average Bonchev–Trinajstić information content (AvgIpc) is 2.37. The molecule has 0 aromatic heterocycles. The van der Waals surface area contributed by atoms with Crippen molar-refractivity contribution < 1.29 is 30.7 Å². The fraction of sp³-hybridized carbons (Fsp3) is 0.0769. The van der Waals surface area contributed by atoms with Crippen LogP contribution in [0.25, 0.3) is 11.1 Å². The van der Waals surface area contributed by atoms with Gasteiger partial charge in [0, 0.05) is 6.07 Å². The van der Waals surface area contributed by atoms with E-state index in [2.05, 4.69) is 0 Å². The average molecular weight is 294 g/mol. The number of hydrogen-bond donors (Lipinski definition) is 0. The van der Waals surface area contributed by atoms with Crippen LogP contribution < -0.4 is 0 Å². The highest BCUT2D eigenvalue weighted by Crippen LogP contribution is 2.34. The summed E-state index contributed by atoms with van der Waals surface area (Å²) in [5, 5.41) is 0. The van der Waals surface area contributed by atoms with E-state index in [1.165, 1.54) is 0 Å². The minimum Gasteiger partial charge on any atom is -0.206 e. The van der Waals surface area contributed by atoms with Crippen molar-refractivity contribution in [1.82, 2.24) is 0 Å². The summed E-state index contributed by atoms with van der Waals surface area (Å²) in [5.41, 5.74) is -3.37. The van der Waals surface area contributed by atoms with E-state index in [0.717, 1.165) is 6.92 Å². The molecule has 0 aliphatic rings. The summed E-state index contributed by atoms with van der Waals surface area (Å²) in [7, 11) is 0. The summed E-state index contributed by atoms with van der Waals surface area (Å²) in [5.74, 6) is -12.8. The number of aryl methyl sites for hydroxylation is 1. The second kappa shape index (κ2) is 4.81. The zero-order chi connectivity index (χ0) is 15.2. The normalized spacial score (nSPS) is 11.0. The van der Waals surface area contributed by atoms with Crippen molar-refractivity contribution in [2.45, 2.75) is 6.92 Å². The second-order valence-electron chi connectivity index (χ2n) is 4.02. The predicted octanol–water partition coefficient (Wildman–Crippen LogP) is 4.64. The van der Waals surface area contributed by atoms with Crippen LogP contribution in [0.2, 0.25) is 0 Å². The standard InChI is InChI=1S/C13H5F7/c1-4-2-5(14)8(12(19)10(4)17)9-6(15)3-7(16)11(18)13(9)20/h2-3H,1H3. The van der Waals surface area contributed by atoms with Gasteiger partial charge in [0.25, 0.3) is 0 Å². The number of rotatable bonds is 1. The molecule has 0 saturated carbocycles. The SMILES string of the molecule is Cc1cc(F)c(-c2c(F)cc(F)c(F)c2F)c(F)c1F. The molecule has 0 atom stereocenters. The molecule has 0 fully saturated rings. The minimum absolute atomic E-state index is 0.0790. The number of hydrogen-bond acceptors (Lipinski definition) is 0. The third-order valence-corrected chi connectivity index (χ3v) is 2.70. The van der Waals surface area contributed by atoms with Crippen molar-refractivity contribution in [3.05, 3.63) is 58.4 Å². The molecule has 0 unspecified atom stereocenters. The molecule has 2 aromatic carbocycles. The monoisotopic (exact) mass is 294 g/mol. The number of benzene rings is 2. The first-order valence-corrected chi connectivity index (χ1v) is 5.23. The molecule has 2 rings (SSSR count). The second-order valence-corrected chi connectivity index (χ2v) is 4.02. The molecular formula is C13H5F7. The van der Waals surface area contributed by atoms with Crippen LogP contribution in [-0.2, 0) is 0 Å². The quantitative estimate of drug-likeness (QED) is 0.408. The van der Waals surface area contributed by atoms with Crippen molar-refractivity contribution in [3.63, 3.8) is 0 Å². The van der Waals surface area contributed by atoms with Crippen molar-refractivity contribution in [3.8, 4) is 11.1 Å². The lowest BCUT2D eigenvalue weighted by Crippen LogP contribution is -2.04. The van der Waals surface area contributed by atoms with Crippen molar-refractivity contribution >= 4 is 0 Å². The Morgan fingerprint density at radius 3 is 1.55 bits per heavy atom. The van der Waals surface area contributed by atoms with Gasteiger partial charge in [-0.3, -0.25) is 0 Å². The predicted molar refractivity (Wildman–Crippen MR) is 56.3 cm³/mol. The van der Waals surface area contributed by atoms with E-state index in [-0.39, 0.29) is 6.07 Å². The zero-order valence-corrected chi connectivity index (χ0v) is 9.80. The molecule has 0 spiro atoms. The first-order valence-electron chi connectivity index (χ1n) is 5.23. The van der Waals surface area contributed by atoms with Crippen LogP contribution in [-0.4, -0.2) is 0 Å². The fourth-order valence-corrected chi connectivity index (χ4v) is 1.74. The Balaban J connectivity index is 2.90. The van der Waals surface area contributed by atoms with E-state index < -0.39 is 57.4 Å². The Hall–Kier alpha value is -2.05. The largest absolute Gasteiger partial charge is 0.206 e. The molecule has 2 aromatic rings. The lowest BCUT2D eigenvalue weighted by Gasteiger charge is -2.11. The van der Waals surface area contributed by atoms with Crippen molar-refractivity contribution in [1.29, 1.82) is 0 Å². The van der Waals surface area contributed by atoms with Gasteiger partial charge < -0.3 is 0 Å². The van der Waals surface area contributed by atoms with E-state index in [1.54, 1.807) is 0 Å². The van der Waals surface area contributed by atoms with Crippen LogP contribution in [0.5, 0.6) is 0 Å². The fourth-order valence-electron chi connectivity index (χ4n) is 1.74. The van der Waals surface area contributed by atoms with Crippen LogP contribution in [0.4, 0.5) is 30.7 Å². The molecule has 0 heterocycles. The summed E-state index contributed by atoms with van der Waals surface area (Å²) in [6.45, 7) is 1.03. The molecule has 0 aliphatic heterocycles. The molecule has 0 aliphatic carbocycles. The molecule has 0 bridgehead atoms. The van der Waals surface area contributed by atoms with Gasteiger partial charge in [0.05, 0.1) is 11.1 Å². The Bertz CT molecular complexity index is 645. The topological polar surface area (TPSA) is 0 Å². The first kappa shape index (κ1) is 14.4. The third-order valence-electron chi connectivity index (χ3n) is 2.70. The van der Waals surface area contributed by atoms with Gasteiger partial charge in [0.15, 0.2) is 29.1 Å². The minimum atomic E-state index is -2.14. The Labute approximate surface area is 108 Å². The molecule has 0 radical (unpaired) electrons. The van der Waals surface area contributed by atoms with E-state index in [1.807, 2.05) is 0 Å². The van der Waals surface area contributed by atoms with Gasteiger partial charge in [-0.25, -0.2) is 30.7 Å². The van der Waals surface area contributed by atoms with Crippen LogP contribution in [0, 0.1) is 47.6 Å². The summed E-state index contributed by atoms with van der Waals surface area (Å²) >= 11 is 0. The van der Waals surface area contributed by atoms with Gasteiger partial charge in [-0.1, -0.05) is 0 Å². The van der Waals surface area contributed by atoms with E-state index in [4.69, 9.17) is 0 Å². The van der Waals surface area contributed by atoms with Crippen LogP contribution >= 0.6 is 0 Å². The summed E-state index contributed by atoms with van der Waals surface area (Å²) in [4.78, 5) is 0. The van der Waals surface area contributed by atoms with Gasteiger partial charge in [0.1, 0.15) is 11.6 Å². The Morgan fingerprint density at radius 1 is 0.550 bits per heavy atom. The summed E-state index contributed by atoms with van der Waals surface area (Å²) in [6.07, 6.45) is 0. The molecule has 0 saturated heterocycles. The summed E-state index contributed by atoms with van der Waals surface area (Å²) < 4.78 is 93.4. The van der Waals surface area contributed by atoms with Gasteiger partial charge in [0.2, 0.25) is 0 Å². The van der Waals surface area contributed by atoms with E-state index >= 15 is 0 Å². The lowest BCUT2D eigenvalue weighted by molar-refractivity contribution is 0.434. The highest BCUT2D eigenvalue weighted by molar-refractivity contribution is 5.67. The molecule has 0 nitrogen and oxygen atoms in total. The first-order chi connectivity index (χ1) is 9.25. The maximum atomic E-state index is 13.6. The zero-order valence-electron chi connectivity index (χ0n) is 9.80. The maximum Gasteiger partial charge on any atom is 0.195 e. The van der Waals surface area contributed by atoms with E-state index in [9.17, 15) is 30.7 Å². The van der Waals surface area contributed by atoms with Crippen LogP contribution in [0.1, 0.15) is 5.56 Å². The van der Waals surface area contributed by atoms with Gasteiger partial charge in [-0.2, -0.15) is 0 Å². The Morgan fingerprint density at radius 2 is 1.00 bits per heavy atom. The van der Waals surface area contributed by atoms with Gasteiger partial charge in [-0.05, 0) is 18.6 Å². The van der Waals surface area contributed by atoms with Crippen molar-refractivity contribution in [2.24, 2.45) is 0 Å². The van der Waals surface area contributed by atoms with Gasteiger partial charge >= 0.3 is 0 Å². The third kappa shape index (κ3) is 2.03. The molecule has 0 amide bonds. The van der Waals surface area contributed by atoms with E-state index in [0.29, 0.717) is 6.07 Å². The molecular weight excluding hydrogens is 289 g/mol. The molecule has 20 heavy (non-hydrogen) atoms. The molecule has 0 N–H and O–H groups in total.